The number of hydrogen-bond acceptors (Lipinski definition) is 3. The van der Waals surface area contributed by atoms with Gasteiger partial charge in [0.1, 0.15) is 0 Å². The summed E-state index contributed by atoms with van der Waals surface area (Å²) in [5.74, 6) is 0. The Morgan fingerprint density at radius 2 is 1.72 bits per heavy atom. The van der Waals surface area contributed by atoms with E-state index in [-0.39, 0.29) is 0 Å². The van der Waals surface area contributed by atoms with Crippen LogP contribution in [0.4, 0.5) is 5.69 Å². The Hall–Kier alpha value is -2.88. The zero-order valence-corrected chi connectivity index (χ0v) is 15.2. The normalized spacial score (nSPS) is 11.2. The average Bonchev–Trinajstić information content (AvgIpc) is 2.86. The lowest BCUT2D eigenvalue weighted by molar-refractivity contribution is 0.659. The molecule has 4 nitrogen and oxygen atoms in total. The molecule has 0 amide bonds. The van der Waals surface area contributed by atoms with Gasteiger partial charge in [-0.2, -0.15) is 10.2 Å². The van der Waals surface area contributed by atoms with Crippen molar-refractivity contribution in [2.75, 3.05) is 5.43 Å². The molecule has 0 aliphatic carbocycles. The van der Waals surface area contributed by atoms with Gasteiger partial charge in [0.2, 0.25) is 0 Å². The first-order valence-corrected chi connectivity index (χ1v) is 8.49. The van der Waals surface area contributed by atoms with Crippen LogP contribution in [0.5, 0.6) is 0 Å². The molecule has 0 bridgehead atoms. The van der Waals surface area contributed by atoms with Crippen LogP contribution in [0.25, 0.3) is 0 Å². The van der Waals surface area contributed by atoms with E-state index in [2.05, 4.69) is 66.7 Å². The molecule has 2 aromatic carbocycles. The summed E-state index contributed by atoms with van der Waals surface area (Å²) < 4.78 is 2.04. The Morgan fingerprint density at radius 3 is 2.44 bits per heavy atom. The highest BCUT2D eigenvalue weighted by atomic mass is 15.3. The van der Waals surface area contributed by atoms with E-state index in [1.54, 1.807) is 0 Å². The van der Waals surface area contributed by atoms with Crippen LogP contribution in [0.3, 0.4) is 0 Å². The van der Waals surface area contributed by atoms with Gasteiger partial charge in [0.25, 0.3) is 0 Å². The third kappa shape index (κ3) is 3.97. The fourth-order valence-corrected chi connectivity index (χ4v) is 2.78. The van der Waals surface area contributed by atoms with Crippen molar-refractivity contribution in [3.8, 4) is 0 Å². The molecule has 0 spiro atoms. The van der Waals surface area contributed by atoms with Gasteiger partial charge in [-0.1, -0.05) is 48.0 Å². The Balaban J connectivity index is 1.76. The third-order valence-electron chi connectivity index (χ3n) is 4.41. The molecule has 0 atom stereocenters. The van der Waals surface area contributed by atoms with Gasteiger partial charge in [-0.25, -0.2) is 0 Å². The number of aromatic nitrogens is 2. The van der Waals surface area contributed by atoms with Crippen LogP contribution in [0.2, 0.25) is 0 Å². The van der Waals surface area contributed by atoms with Crippen molar-refractivity contribution in [2.24, 2.45) is 5.10 Å². The zero-order valence-electron chi connectivity index (χ0n) is 15.2. The Morgan fingerprint density at radius 1 is 1.00 bits per heavy atom. The summed E-state index contributed by atoms with van der Waals surface area (Å²) in [5, 5.41) is 9.07. The number of nitrogens with one attached hydrogen (secondary N) is 1. The van der Waals surface area contributed by atoms with Crippen LogP contribution in [-0.2, 0) is 6.54 Å². The monoisotopic (exact) mass is 332 g/mol. The molecule has 0 unspecified atom stereocenters. The maximum absolute atomic E-state index is 4.67. The minimum atomic E-state index is 0.770. The molecule has 0 saturated heterocycles. The van der Waals surface area contributed by atoms with Crippen molar-refractivity contribution in [3.05, 3.63) is 82.2 Å². The smallest absolute Gasteiger partial charge is 0.0685 e. The maximum atomic E-state index is 4.67. The molecule has 1 heterocycles. The van der Waals surface area contributed by atoms with Gasteiger partial charge in [-0.15, -0.1) is 0 Å². The van der Waals surface area contributed by atoms with E-state index in [0.29, 0.717) is 0 Å². The van der Waals surface area contributed by atoms with Gasteiger partial charge in [0.05, 0.1) is 24.1 Å². The summed E-state index contributed by atoms with van der Waals surface area (Å²) in [4.78, 5) is 0. The molecule has 0 fully saturated rings. The highest BCUT2D eigenvalue weighted by Crippen LogP contribution is 2.15. The molecule has 3 rings (SSSR count). The first kappa shape index (κ1) is 17.0. The number of hydrazone groups is 1. The zero-order chi connectivity index (χ0) is 17.8. The molecule has 0 aliphatic rings. The summed E-state index contributed by atoms with van der Waals surface area (Å²) in [6.07, 6.45) is 1.86. The van der Waals surface area contributed by atoms with E-state index in [1.165, 1.54) is 16.7 Å². The Bertz CT molecular complexity index is 889. The van der Waals surface area contributed by atoms with Gasteiger partial charge < -0.3 is 0 Å². The highest BCUT2D eigenvalue weighted by Gasteiger charge is 2.10. The van der Waals surface area contributed by atoms with E-state index in [4.69, 9.17) is 0 Å². The quantitative estimate of drug-likeness (QED) is 0.547. The van der Waals surface area contributed by atoms with Crippen molar-refractivity contribution in [1.29, 1.82) is 0 Å². The molecule has 0 saturated carbocycles. The van der Waals surface area contributed by atoms with Gasteiger partial charge in [-0.05, 0) is 44.9 Å². The van der Waals surface area contributed by atoms with E-state index >= 15 is 0 Å². The minimum absolute atomic E-state index is 0.770. The first-order valence-electron chi connectivity index (χ1n) is 8.49. The summed E-state index contributed by atoms with van der Waals surface area (Å²) in [6.45, 7) is 9.04. The number of para-hydroxylation sites is 1. The predicted octanol–water partition coefficient (Wildman–Crippen LogP) is 4.61. The van der Waals surface area contributed by atoms with Crippen LogP contribution in [0, 0.1) is 27.7 Å². The molecule has 4 heteroatoms. The topological polar surface area (TPSA) is 42.2 Å². The second-order valence-electron chi connectivity index (χ2n) is 6.41. The maximum Gasteiger partial charge on any atom is 0.0685 e. The van der Waals surface area contributed by atoms with Gasteiger partial charge in [0.15, 0.2) is 0 Å². The molecule has 0 aliphatic heterocycles. The number of nitrogens with zero attached hydrogens (tertiary/aromatic N) is 3. The van der Waals surface area contributed by atoms with Crippen LogP contribution >= 0.6 is 0 Å². The lowest BCUT2D eigenvalue weighted by Crippen LogP contribution is -2.04. The van der Waals surface area contributed by atoms with E-state index in [1.807, 2.05) is 36.0 Å². The van der Waals surface area contributed by atoms with Crippen molar-refractivity contribution < 1.29 is 0 Å². The standard InChI is InChI=1S/C21H24N4/c1-15-9-11-19(12-10-15)14-25-18(4)20(17(3)24-25)13-22-23-21-8-6-5-7-16(21)2/h5-13,23H,14H2,1-4H3/b22-13-. The summed E-state index contributed by atoms with van der Waals surface area (Å²) in [5.41, 5.74) is 11.0. The van der Waals surface area contributed by atoms with Gasteiger partial charge in [-0.3, -0.25) is 10.1 Å². The Kier molecular flexibility index (Phi) is 4.98. The molecule has 3 aromatic rings. The number of hydrogen-bond donors (Lipinski definition) is 1. The molecule has 1 aromatic heterocycles. The van der Waals surface area contributed by atoms with Crippen molar-refractivity contribution in [2.45, 2.75) is 34.2 Å². The first-order chi connectivity index (χ1) is 12.0. The van der Waals surface area contributed by atoms with Crippen molar-refractivity contribution in [3.63, 3.8) is 0 Å². The molecule has 1 N–H and O–H groups in total. The SMILES string of the molecule is Cc1ccc(Cn2nc(C)c(/C=N\Nc3ccccc3C)c2C)cc1. The lowest BCUT2D eigenvalue weighted by Gasteiger charge is -2.05. The van der Waals surface area contributed by atoms with Crippen LogP contribution in [0.15, 0.2) is 53.6 Å². The number of aryl methyl sites for hydroxylation is 3. The summed E-state index contributed by atoms with van der Waals surface area (Å²) in [7, 11) is 0. The average molecular weight is 332 g/mol. The van der Waals surface area contributed by atoms with Gasteiger partial charge in [0, 0.05) is 11.3 Å². The van der Waals surface area contributed by atoms with Crippen LogP contribution in [-0.4, -0.2) is 16.0 Å². The molecule has 0 radical (unpaired) electrons. The largest absolute Gasteiger partial charge is 0.278 e. The highest BCUT2D eigenvalue weighted by molar-refractivity contribution is 5.83. The molecule has 25 heavy (non-hydrogen) atoms. The van der Waals surface area contributed by atoms with Crippen LogP contribution in [0.1, 0.15) is 33.6 Å². The number of anilines is 1. The fraction of sp³-hybridized carbons (Fsp3) is 0.238. The van der Waals surface area contributed by atoms with Crippen molar-refractivity contribution in [1.82, 2.24) is 9.78 Å². The minimum Gasteiger partial charge on any atom is -0.278 e. The van der Waals surface area contributed by atoms with Crippen LogP contribution < -0.4 is 5.43 Å². The lowest BCUT2D eigenvalue weighted by atomic mass is 10.1. The molecular weight excluding hydrogens is 308 g/mol. The van der Waals surface area contributed by atoms with E-state index in [9.17, 15) is 0 Å². The third-order valence-corrected chi connectivity index (χ3v) is 4.41. The van der Waals surface area contributed by atoms with Crippen molar-refractivity contribution >= 4 is 11.9 Å². The second kappa shape index (κ2) is 7.34. The molecule has 128 valence electrons. The fourth-order valence-electron chi connectivity index (χ4n) is 2.78. The Labute approximate surface area is 149 Å². The predicted molar refractivity (Wildman–Crippen MR) is 104 cm³/mol. The number of rotatable bonds is 5. The summed E-state index contributed by atoms with van der Waals surface area (Å²) in [6, 6.07) is 16.7. The van der Waals surface area contributed by atoms with E-state index < -0.39 is 0 Å². The number of benzene rings is 2. The van der Waals surface area contributed by atoms with E-state index in [0.717, 1.165) is 29.2 Å². The molecular formula is C21H24N4. The second-order valence-corrected chi connectivity index (χ2v) is 6.41. The summed E-state index contributed by atoms with van der Waals surface area (Å²) >= 11 is 0. The van der Waals surface area contributed by atoms with Gasteiger partial charge >= 0.3 is 0 Å².